The first kappa shape index (κ1) is 13.1. The van der Waals surface area contributed by atoms with Gasteiger partial charge in [0.05, 0.1) is 6.61 Å². The molecule has 0 unspecified atom stereocenters. The Morgan fingerprint density at radius 3 is 2.53 bits per heavy atom. The minimum Gasteiger partial charge on any atom is -0.476 e. The fourth-order valence-electron chi connectivity index (χ4n) is 1.78. The zero-order chi connectivity index (χ0) is 13.8. The van der Waals surface area contributed by atoms with Crippen LogP contribution in [0.25, 0.3) is 0 Å². The molecule has 0 saturated heterocycles. The van der Waals surface area contributed by atoms with E-state index in [9.17, 15) is 0 Å². The molecule has 0 bridgehead atoms. The monoisotopic (exact) mass is 258 g/mol. The number of rotatable bonds is 4. The minimum atomic E-state index is 0.423. The topological polar surface area (TPSA) is 64.3 Å². The highest BCUT2D eigenvalue weighted by Gasteiger charge is 2.14. The average molecular weight is 258 g/mol. The van der Waals surface area contributed by atoms with Crippen LogP contribution < -0.4 is 15.4 Å². The number of hydrogen-bond acceptors (Lipinski definition) is 5. The molecule has 0 radical (unpaired) electrons. The molecule has 0 saturated carbocycles. The first-order valence-electron chi connectivity index (χ1n) is 6.17. The van der Waals surface area contributed by atoms with Crippen LogP contribution in [0.1, 0.15) is 12.5 Å². The molecule has 0 fully saturated rings. The van der Waals surface area contributed by atoms with Gasteiger partial charge in [0.25, 0.3) is 0 Å². The van der Waals surface area contributed by atoms with Crippen molar-refractivity contribution < 1.29 is 4.74 Å². The number of nitrogen functional groups attached to an aromatic ring is 1. The van der Waals surface area contributed by atoms with Crippen LogP contribution in [0.5, 0.6) is 5.88 Å². The molecule has 5 heteroatoms. The molecular weight excluding hydrogens is 240 g/mol. The lowest BCUT2D eigenvalue weighted by molar-refractivity contribution is 0.328. The van der Waals surface area contributed by atoms with Crippen LogP contribution in [-0.2, 0) is 0 Å². The van der Waals surface area contributed by atoms with E-state index in [2.05, 4.69) is 16.9 Å². The van der Waals surface area contributed by atoms with Gasteiger partial charge in [-0.1, -0.05) is 17.7 Å². The highest BCUT2D eigenvalue weighted by atomic mass is 16.5. The Hall–Kier alpha value is -2.30. The molecule has 0 aliphatic rings. The Morgan fingerprint density at radius 2 is 1.89 bits per heavy atom. The molecule has 5 nitrogen and oxygen atoms in total. The number of nitrogens with zero attached hydrogens (tertiary/aromatic N) is 3. The van der Waals surface area contributed by atoms with Crippen LogP contribution in [0.4, 0.5) is 17.2 Å². The SMILES string of the molecule is CCOc1ncnc(N(C)c2ccc(C)cc2)c1N. The van der Waals surface area contributed by atoms with E-state index in [1.165, 1.54) is 11.9 Å². The summed E-state index contributed by atoms with van der Waals surface area (Å²) in [7, 11) is 1.92. The summed E-state index contributed by atoms with van der Waals surface area (Å²) < 4.78 is 5.38. The molecule has 0 aliphatic heterocycles. The molecular formula is C14H18N4O. The summed E-state index contributed by atoms with van der Waals surface area (Å²) in [5, 5.41) is 0. The van der Waals surface area contributed by atoms with Crippen molar-refractivity contribution >= 4 is 17.2 Å². The second-order valence-electron chi connectivity index (χ2n) is 4.24. The van der Waals surface area contributed by atoms with Gasteiger partial charge in [0.2, 0.25) is 5.88 Å². The van der Waals surface area contributed by atoms with E-state index in [1.807, 2.05) is 43.1 Å². The van der Waals surface area contributed by atoms with E-state index in [0.717, 1.165) is 5.69 Å². The van der Waals surface area contributed by atoms with Crippen molar-refractivity contribution in [1.29, 1.82) is 0 Å². The van der Waals surface area contributed by atoms with Gasteiger partial charge in [0.15, 0.2) is 5.82 Å². The lowest BCUT2D eigenvalue weighted by Gasteiger charge is -2.20. The molecule has 1 aromatic carbocycles. The van der Waals surface area contributed by atoms with E-state index in [4.69, 9.17) is 10.5 Å². The quantitative estimate of drug-likeness (QED) is 0.913. The zero-order valence-corrected chi connectivity index (χ0v) is 11.4. The number of benzene rings is 1. The summed E-state index contributed by atoms with van der Waals surface area (Å²) in [6.45, 7) is 4.47. The Labute approximate surface area is 113 Å². The van der Waals surface area contributed by atoms with Gasteiger partial charge in [0, 0.05) is 12.7 Å². The molecule has 100 valence electrons. The van der Waals surface area contributed by atoms with Gasteiger partial charge in [-0.3, -0.25) is 0 Å². The van der Waals surface area contributed by atoms with Crippen LogP contribution in [0, 0.1) is 6.92 Å². The summed E-state index contributed by atoms with van der Waals surface area (Å²) >= 11 is 0. The van der Waals surface area contributed by atoms with Crippen LogP contribution in [0.15, 0.2) is 30.6 Å². The number of nitrogens with two attached hydrogens (primary N) is 1. The summed E-state index contributed by atoms with van der Waals surface area (Å²) in [6, 6.07) is 8.15. The molecule has 2 N–H and O–H groups in total. The van der Waals surface area contributed by atoms with E-state index in [-0.39, 0.29) is 0 Å². The van der Waals surface area contributed by atoms with Crippen LogP contribution in [0.2, 0.25) is 0 Å². The van der Waals surface area contributed by atoms with Crippen LogP contribution in [0.3, 0.4) is 0 Å². The predicted octanol–water partition coefficient (Wildman–Crippen LogP) is 2.53. The fraction of sp³-hybridized carbons (Fsp3) is 0.286. The zero-order valence-electron chi connectivity index (χ0n) is 11.4. The summed E-state index contributed by atoms with van der Waals surface area (Å²) in [6.07, 6.45) is 1.46. The Balaban J connectivity index is 2.35. The Kier molecular flexibility index (Phi) is 3.85. The Bertz CT molecular complexity index is 554. The smallest absolute Gasteiger partial charge is 0.242 e. The maximum atomic E-state index is 6.05. The van der Waals surface area contributed by atoms with Gasteiger partial charge in [-0.15, -0.1) is 0 Å². The van der Waals surface area contributed by atoms with Crippen molar-refractivity contribution in [2.75, 3.05) is 24.3 Å². The van der Waals surface area contributed by atoms with Gasteiger partial charge in [-0.25, -0.2) is 4.98 Å². The van der Waals surface area contributed by atoms with Crippen molar-refractivity contribution in [3.8, 4) is 5.88 Å². The molecule has 2 aromatic rings. The van der Waals surface area contributed by atoms with Crippen molar-refractivity contribution in [3.63, 3.8) is 0 Å². The fourth-order valence-corrected chi connectivity index (χ4v) is 1.78. The second kappa shape index (κ2) is 5.56. The molecule has 19 heavy (non-hydrogen) atoms. The van der Waals surface area contributed by atoms with Crippen molar-refractivity contribution in [2.24, 2.45) is 0 Å². The van der Waals surface area contributed by atoms with Crippen molar-refractivity contribution in [3.05, 3.63) is 36.2 Å². The lowest BCUT2D eigenvalue weighted by Crippen LogP contribution is -2.14. The number of hydrogen-bond donors (Lipinski definition) is 1. The number of anilines is 3. The number of aromatic nitrogens is 2. The van der Waals surface area contributed by atoms with E-state index < -0.39 is 0 Å². The minimum absolute atomic E-state index is 0.423. The standard InChI is InChI=1S/C14H18N4O/c1-4-19-14-12(15)13(16-9-17-14)18(3)11-7-5-10(2)6-8-11/h5-9H,4,15H2,1-3H3. The molecule has 1 heterocycles. The lowest BCUT2D eigenvalue weighted by atomic mass is 10.2. The van der Waals surface area contributed by atoms with Gasteiger partial charge in [0.1, 0.15) is 12.0 Å². The molecule has 2 rings (SSSR count). The largest absolute Gasteiger partial charge is 0.476 e. The van der Waals surface area contributed by atoms with Gasteiger partial charge < -0.3 is 15.4 Å². The summed E-state index contributed by atoms with van der Waals surface area (Å²) in [5.41, 5.74) is 8.72. The maximum Gasteiger partial charge on any atom is 0.242 e. The molecule has 1 aromatic heterocycles. The van der Waals surface area contributed by atoms with Gasteiger partial charge in [-0.2, -0.15) is 4.98 Å². The maximum absolute atomic E-state index is 6.05. The number of aryl methyl sites for hydroxylation is 1. The molecule has 0 aliphatic carbocycles. The third-order valence-electron chi connectivity index (χ3n) is 2.85. The first-order valence-corrected chi connectivity index (χ1v) is 6.17. The number of ether oxygens (including phenoxy) is 1. The highest BCUT2D eigenvalue weighted by molar-refractivity contribution is 5.73. The summed E-state index contributed by atoms with van der Waals surface area (Å²) in [4.78, 5) is 10.2. The van der Waals surface area contributed by atoms with Crippen molar-refractivity contribution in [1.82, 2.24) is 9.97 Å². The molecule has 0 spiro atoms. The Morgan fingerprint density at radius 1 is 1.21 bits per heavy atom. The third-order valence-corrected chi connectivity index (χ3v) is 2.85. The van der Waals surface area contributed by atoms with Crippen molar-refractivity contribution in [2.45, 2.75) is 13.8 Å². The molecule has 0 atom stereocenters. The van der Waals surface area contributed by atoms with Gasteiger partial charge in [-0.05, 0) is 26.0 Å². The second-order valence-corrected chi connectivity index (χ2v) is 4.24. The van der Waals surface area contributed by atoms with E-state index in [0.29, 0.717) is 24.0 Å². The van der Waals surface area contributed by atoms with Crippen LogP contribution in [-0.4, -0.2) is 23.6 Å². The van der Waals surface area contributed by atoms with Crippen LogP contribution >= 0.6 is 0 Å². The molecule has 0 amide bonds. The normalized spacial score (nSPS) is 10.3. The van der Waals surface area contributed by atoms with E-state index >= 15 is 0 Å². The predicted molar refractivity (Wildman–Crippen MR) is 76.9 cm³/mol. The summed E-state index contributed by atoms with van der Waals surface area (Å²) in [5.74, 6) is 1.06. The average Bonchev–Trinajstić information content (AvgIpc) is 2.41. The third kappa shape index (κ3) is 2.76. The van der Waals surface area contributed by atoms with E-state index in [1.54, 1.807) is 0 Å². The van der Waals surface area contributed by atoms with Gasteiger partial charge >= 0.3 is 0 Å². The first-order chi connectivity index (χ1) is 9.13. The highest BCUT2D eigenvalue weighted by Crippen LogP contribution is 2.31.